The highest BCUT2D eigenvalue weighted by Crippen LogP contribution is 2.12. The van der Waals surface area contributed by atoms with Crippen molar-refractivity contribution in [2.45, 2.75) is 19.4 Å². The minimum atomic E-state index is 0.703. The van der Waals surface area contributed by atoms with E-state index in [-0.39, 0.29) is 0 Å². The van der Waals surface area contributed by atoms with Gasteiger partial charge in [0.05, 0.1) is 7.11 Å². The second kappa shape index (κ2) is 7.01. The molecule has 0 saturated carbocycles. The molecule has 3 heteroatoms. The molecule has 1 heterocycles. The number of hydrogen-bond acceptors (Lipinski definition) is 3. The van der Waals surface area contributed by atoms with Crippen LogP contribution in [0.25, 0.3) is 0 Å². The summed E-state index contributed by atoms with van der Waals surface area (Å²) in [5.74, 6) is 0.703. The monoisotopic (exact) mass is 206 g/mol. The highest BCUT2D eigenvalue weighted by molar-refractivity contribution is 5.24. The fraction of sp³-hybridized carbons (Fsp3) is 0.417. The Bertz CT molecular complexity index is 299. The predicted molar refractivity (Wildman–Crippen MR) is 61.9 cm³/mol. The van der Waals surface area contributed by atoms with E-state index in [1.54, 1.807) is 13.3 Å². The van der Waals surface area contributed by atoms with Gasteiger partial charge in [0.1, 0.15) is 0 Å². The molecule has 1 rings (SSSR count). The number of rotatable bonds is 7. The number of nitrogens with zero attached hydrogens (tertiary/aromatic N) is 1. The van der Waals surface area contributed by atoms with Crippen molar-refractivity contribution in [2.75, 3.05) is 13.7 Å². The maximum atomic E-state index is 5.16. The molecule has 0 aliphatic carbocycles. The number of pyridine rings is 1. The van der Waals surface area contributed by atoms with Crippen LogP contribution < -0.4 is 10.1 Å². The zero-order chi connectivity index (χ0) is 10.9. The highest BCUT2D eigenvalue weighted by atomic mass is 16.5. The third-order valence-electron chi connectivity index (χ3n) is 2.12. The maximum Gasteiger partial charge on any atom is 0.217 e. The van der Waals surface area contributed by atoms with Gasteiger partial charge in [0, 0.05) is 18.3 Å². The second-order valence-corrected chi connectivity index (χ2v) is 3.28. The summed E-state index contributed by atoms with van der Waals surface area (Å²) >= 11 is 0. The van der Waals surface area contributed by atoms with Crippen molar-refractivity contribution in [2.24, 2.45) is 0 Å². The van der Waals surface area contributed by atoms with E-state index in [4.69, 9.17) is 4.74 Å². The van der Waals surface area contributed by atoms with E-state index in [2.05, 4.69) is 16.9 Å². The Labute approximate surface area is 91.2 Å². The van der Waals surface area contributed by atoms with Crippen LogP contribution in [0.3, 0.4) is 0 Å². The lowest BCUT2D eigenvalue weighted by molar-refractivity contribution is 0.390. The van der Waals surface area contributed by atoms with Crippen LogP contribution in [0, 0.1) is 0 Å². The summed E-state index contributed by atoms with van der Waals surface area (Å²) < 4.78 is 5.16. The topological polar surface area (TPSA) is 34.2 Å². The van der Waals surface area contributed by atoms with Crippen molar-refractivity contribution in [3.8, 4) is 5.88 Å². The molecule has 0 fully saturated rings. The first-order chi connectivity index (χ1) is 7.38. The third kappa shape index (κ3) is 4.13. The largest absolute Gasteiger partial charge is 0.481 e. The lowest BCUT2D eigenvalue weighted by atomic mass is 10.2. The Morgan fingerprint density at radius 2 is 2.47 bits per heavy atom. The first-order valence-electron chi connectivity index (χ1n) is 5.18. The summed E-state index contributed by atoms with van der Waals surface area (Å²) in [6, 6.07) is 3.94. The normalized spacial score (nSPS) is 9.93. The number of nitrogens with one attached hydrogen (secondary N) is 1. The Hall–Kier alpha value is -1.35. The molecule has 1 N–H and O–H groups in total. The van der Waals surface area contributed by atoms with Gasteiger partial charge in [-0.2, -0.15) is 0 Å². The average Bonchev–Trinajstić information content (AvgIpc) is 2.29. The molecule has 0 aliphatic rings. The van der Waals surface area contributed by atoms with Crippen LogP contribution in [0.1, 0.15) is 18.4 Å². The molecular formula is C12H18N2O. The molecular weight excluding hydrogens is 188 g/mol. The van der Waals surface area contributed by atoms with Gasteiger partial charge in [0.2, 0.25) is 5.88 Å². The third-order valence-corrected chi connectivity index (χ3v) is 2.12. The van der Waals surface area contributed by atoms with E-state index in [1.807, 2.05) is 18.2 Å². The van der Waals surface area contributed by atoms with Crippen LogP contribution in [0.5, 0.6) is 5.88 Å². The van der Waals surface area contributed by atoms with Crippen LogP contribution in [0.4, 0.5) is 0 Å². The van der Waals surface area contributed by atoms with Gasteiger partial charge in [-0.3, -0.25) is 0 Å². The Balaban J connectivity index is 2.33. The number of methoxy groups -OCH3 is 1. The molecule has 0 aromatic carbocycles. The van der Waals surface area contributed by atoms with E-state index in [0.29, 0.717) is 5.88 Å². The summed E-state index contributed by atoms with van der Waals surface area (Å²) in [5.41, 5.74) is 1.10. The Morgan fingerprint density at radius 1 is 1.60 bits per heavy atom. The van der Waals surface area contributed by atoms with Crippen LogP contribution in [0.15, 0.2) is 31.0 Å². The van der Waals surface area contributed by atoms with Gasteiger partial charge < -0.3 is 10.1 Å². The van der Waals surface area contributed by atoms with Crippen molar-refractivity contribution in [3.63, 3.8) is 0 Å². The number of aromatic nitrogens is 1. The quantitative estimate of drug-likeness (QED) is 0.548. The molecule has 3 nitrogen and oxygen atoms in total. The minimum Gasteiger partial charge on any atom is -0.481 e. The van der Waals surface area contributed by atoms with Crippen LogP contribution in [-0.4, -0.2) is 18.6 Å². The minimum absolute atomic E-state index is 0.703. The van der Waals surface area contributed by atoms with Crippen LogP contribution in [-0.2, 0) is 6.54 Å². The van der Waals surface area contributed by atoms with Crippen molar-refractivity contribution in [1.82, 2.24) is 10.3 Å². The standard InChI is InChI=1S/C12H18N2O/c1-3-4-5-8-13-10-11-7-6-9-14-12(11)15-2/h3,6-7,9,13H,1,4-5,8,10H2,2H3. The first-order valence-corrected chi connectivity index (χ1v) is 5.18. The smallest absolute Gasteiger partial charge is 0.217 e. The average molecular weight is 206 g/mol. The molecule has 0 saturated heterocycles. The van der Waals surface area contributed by atoms with Gasteiger partial charge in [-0.15, -0.1) is 6.58 Å². The highest BCUT2D eigenvalue weighted by Gasteiger charge is 2.01. The molecule has 1 aromatic heterocycles. The van der Waals surface area contributed by atoms with Gasteiger partial charge in [0.25, 0.3) is 0 Å². The van der Waals surface area contributed by atoms with Crippen molar-refractivity contribution >= 4 is 0 Å². The molecule has 0 aliphatic heterocycles. The number of hydrogen-bond donors (Lipinski definition) is 1. The van der Waals surface area contributed by atoms with E-state index in [1.165, 1.54) is 0 Å². The first kappa shape index (κ1) is 11.7. The maximum absolute atomic E-state index is 5.16. The predicted octanol–water partition coefficient (Wildman–Crippen LogP) is 2.15. The lowest BCUT2D eigenvalue weighted by Crippen LogP contribution is -2.15. The fourth-order valence-corrected chi connectivity index (χ4v) is 1.34. The molecule has 0 spiro atoms. The molecule has 15 heavy (non-hydrogen) atoms. The zero-order valence-corrected chi connectivity index (χ0v) is 9.20. The van der Waals surface area contributed by atoms with Crippen LogP contribution in [0.2, 0.25) is 0 Å². The van der Waals surface area contributed by atoms with Gasteiger partial charge >= 0.3 is 0 Å². The van der Waals surface area contributed by atoms with Crippen molar-refractivity contribution in [1.29, 1.82) is 0 Å². The summed E-state index contributed by atoms with van der Waals surface area (Å²) in [7, 11) is 1.64. The van der Waals surface area contributed by atoms with Gasteiger partial charge in [0.15, 0.2) is 0 Å². The number of unbranched alkanes of at least 4 members (excludes halogenated alkanes) is 1. The second-order valence-electron chi connectivity index (χ2n) is 3.28. The Morgan fingerprint density at radius 3 is 3.20 bits per heavy atom. The number of allylic oxidation sites excluding steroid dienone is 1. The molecule has 82 valence electrons. The number of ether oxygens (including phenoxy) is 1. The van der Waals surface area contributed by atoms with Gasteiger partial charge in [-0.25, -0.2) is 4.98 Å². The molecule has 0 amide bonds. The summed E-state index contributed by atoms with van der Waals surface area (Å²) in [6.45, 7) is 5.48. The molecule has 0 bridgehead atoms. The Kier molecular flexibility index (Phi) is 5.48. The van der Waals surface area contributed by atoms with Gasteiger partial charge in [-0.05, 0) is 25.5 Å². The fourth-order valence-electron chi connectivity index (χ4n) is 1.34. The van der Waals surface area contributed by atoms with Gasteiger partial charge in [-0.1, -0.05) is 12.1 Å². The summed E-state index contributed by atoms with van der Waals surface area (Å²) in [6.07, 6.45) is 5.84. The molecule has 0 unspecified atom stereocenters. The summed E-state index contributed by atoms with van der Waals surface area (Å²) in [4.78, 5) is 4.13. The van der Waals surface area contributed by atoms with Crippen molar-refractivity contribution in [3.05, 3.63) is 36.5 Å². The van der Waals surface area contributed by atoms with E-state index < -0.39 is 0 Å². The molecule has 0 radical (unpaired) electrons. The van der Waals surface area contributed by atoms with E-state index in [9.17, 15) is 0 Å². The molecule has 1 aromatic rings. The zero-order valence-electron chi connectivity index (χ0n) is 9.20. The molecule has 0 atom stereocenters. The van der Waals surface area contributed by atoms with Crippen LogP contribution >= 0.6 is 0 Å². The van der Waals surface area contributed by atoms with E-state index in [0.717, 1.165) is 31.5 Å². The lowest BCUT2D eigenvalue weighted by Gasteiger charge is -2.07. The van der Waals surface area contributed by atoms with Crippen molar-refractivity contribution < 1.29 is 4.74 Å². The SMILES string of the molecule is C=CCCCNCc1cccnc1OC. The van der Waals surface area contributed by atoms with E-state index >= 15 is 0 Å². The summed E-state index contributed by atoms with van der Waals surface area (Å²) in [5, 5.41) is 3.34.